The van der Waals surface area contributed by atoms with Gasteiger partial charge in [-0.2, -0.15) is 0 Å². The van der Waals surface area contributed by atoms with Crippen LogP contribution in [0.2, 0.25) is 0 Å². The lowest BCUT2D eigenvalue weighted by molar-refractivity contribution is -0.139. The van der Waals surface area contributed by atoms with Gasteiger partial charge in [0.15, 0.2) is 0 Å². The largest absolute Gasteiger partial charge is 0.507 e. The first-order valence-electron chi connectivity index (χ1n) is 11.0. The third-order valence-electron chi connectivity index (χ3n) is 5.41. The summed E-state index contributed by atoms with van der Waals surface area (Å²) < 4.78 is 11.0. The van der Waals surface area contributed by atoms with Crippen molar-refractivity contribution in [3.8, 4) is 11.5 Å². The maximum absolute atomic E-state index is 13.0. The number of ether oxygens (including phenoxy) is 2. The summed E-state index contributed by atoms with van der Waals surface area (Å²) in [7, 11) is 1.57. The second-order valence-electron chi connectivity index (χ2n) is 8.35. The van der Waals surface area contributed by atoms with Gasteiger partial charge >= 0.3 is 0 Å². The Kier molecular flexibility index (Phi) is 7.57. The Balaban J connectivity index is 2.04. The van der Waals surface area contributed by atoms with E-state index in [1.807, 2.05) is 19.1 Å². The number of carbonyl (C=O) groups is 2. The van der Waals surface area contributed by atoms with E-state index in [1.165, 1.54) is 0 Å². The standard InChI is InChI=1S/C26H31NO5/c1-5-6-14-27-23(19-8-7-9-21(15-19)31-4)22(25(29)26(27)30)24(28)18-10-12-20(13-11-18)32-16-17(2)3/h7-13,15,17,23,28H,5-6,14,16H2,1-4H3/b24-22-. The molecule has 6 heteroatoms. The summed E-state index contributed by atoms with van der Waals surface area (Å²) in [4.78, 5) is 27.4. The van der Waals surface area contributed by atoms with E-state index in [0.717, 1.165) is 18.4 Å². The number of Topliss-reactive ketones (excluding diaryl/α,β-unsaturated/α-hetero) is 1. The minimum Gasteiger partial charge on any atom is -0.507 e. The van der Waals surface area contributed by atoms with Crippen molar-refractivity contribution in [1.29, 1.82) is 0 Å². The van der Waals surface area contributed by atoms with Crippen LogP contribution in [-0.2, 0) is 9.59 Å². The van der Waals surface area contributed by atoms with Crippen molar-refractivity contribution in [2.24, 2.45) is 5.92 Å². The molecule has 2 aromatic carbocycles. The molecule has 1 fully saturated rings. The molecule has 1 unspecified atom stereocenters. The van der Waals surface area contributed by atoms with Crippen molar-refractivity contribution in [2.75, 3.05) is 20.3 Å². The first-order chi connectivity index (χ1) is 15.4. The van der Waals surface area contributed by atoms with Crippen LogP contribution in [0.5, 0.6) is 11.5 Å². The van der Waals surface area contributed by atoms with Crippen LogP contribution in [-0.4, -0.2) is 42.0 Å². The van der Waals surface area contributed by atoms with Gasteiger partial charge < -0.3 is 19.5 Å². The third-order valence-corrected chi connectivity index (χ3v) is 5.41. The van der Waals surface area contributed by atoms with E-state index in [1.54, 1.807) is 48.4 Å². The molecule has 1 aliphatic rings. The van der Waals surface area contributed by atoms with E-state index in [2.05, 4.69) is 13.8 Å². The number of aliphatic hydroxyl groups is 1. The van der Waals surface area contributed by atoms with Gasteiger partial charge in [0, 0.05) is 12.1 Å². The van der Waals surface area contributed by atoms with Crippen molar-refractivity contribution in [3.63, 3.8) is 0 Å². The van der Waals surface area contributed by atoms with Crippen molar-refractivity contribution in [2.45, 2.75) is 39.7 Å². The van der Waals surface area contributed by atoms with Gasteiger partial charge in [0.05, 0.1) is 25.3 Å². The zero-order chi connectivity index (χ0) is 23.3. The summed E-state index contributed by atoms with van der Waals surface area (Å²) in [5.41, 5.74) is 1.27. The number of likely N-dealkylation sites (tertiary alicyclic amines) is 1. The number of carbonyl (C=O) groups excluding carboxylic acids is 2. The topological polar surface area (TPSA) is 76.1 Å². The van der Waals surface area contributed by atoms with E-state index in [4.69, 9.17) is 9.47 Å². The number of rotatable bonds is 9. The lowest BCUT2D eigenvalue weighted by atomic mass is 9.95. The monoisotopic (exact) mass is 437 g/mol. The highest BCUT2D eigenvalue weighted by Gasteiger charge is 2.45. The van der Waals surface area contributed by atoms with Crippen molar-refractivity contribution >= 4 is 17.4 Å². The normalized spacial score (nSPS) is 17.8. The van der Waals surface area contributed by atoms with E-state index in [-0.39, 0.29) is 11.3 Å². The van der Waals surface area contributed by atoms with Gasteiger partial charge in [0.2, 0.25) is 0 Å². The molecule has 1 amide bonds. The molecular weight excluding hydrogens is 406 g/mol. The van der Waals surface area contributed by atoms with Crippen LogP contribution in [0.25, 0.3) is 5.76 Å². The number of nitrogens with zero attached hydrogens (tertiary/aromatic N) is 1. The van der Waals surface area contributed by atoms with Crippen LogP contribution in [0.15, 0.2) is 54.1 Å². The maximum atomic E-state index is 13.0. The summed E-state index contributed by atoms with van der Waals surface area (Å²) in [5, 5.41) is 11.1. The first kappa shape index (κ1) is 23.4. The van der Waals surface area contributed by atoms with Gasteiger partial charge in [-0.3, -0.25) is 9.59 Å². The second kappa shape index (κ2) is 10.4. The third kappa shape index (κ3) is 4.96. The molecule has 32 heavy (non-hydrogen) atoms. The van der Waals surface area contributed by atoms with Gasteiger partial charge in [-0.15, -0.1) is 0 Å². The quantitative estimate of drug-likeness (QED) is 0.341. The predicted octanol–water partition coefficient (Wildman–Crippen LogP) is 4.95. The van der Waals surface area contributed by atoms with Crippen LogP contribution in [0.1, 0.15) is 50.8 Å². The lowest BCUT2D eigenvalue weighted by Crippen LogP contribution is -2.30. The van der Waals surface area contributed by atoms with Gasteiger partial charge in [-0.05, 0) is 54.3 Å². The van der Waals surface area contributed by atoms with Crippen LogP contribution < -0.4 is 9.47 Å². The van der Waals surface area contributed by atoms with Crippen LogP contribution in [0.3, 0.4) is 0 Å². The molecule has 1 saturated heterocycles. The number of hydrogen-bond acceptors (Lipinski definition) is 5. The van der Waals surface area contributed by atoms with Gasteiger partial charge in [-0.25, -0.2) is 0 Å². The van der Waals surface area contributed by atoms with Crippen LogP contribution in [0, 0.1) is 5.92 Å². The highest BCUT2D eigenvalue weighted by molar-refractivity contribution is 6.46. The number of benzene rings is 2. The molecule has 0 aliphatic carbocycles. The van der Waals surface area contributed by atoms with E-state index >= 15 is 0 Å². The average Bonchev–Trinajstić information content (AvgIpc) is 3.06. The zero-order valence-corrected chi connectivity index (χ0v) is 19.1. The molecule has 6 nitrogen and oxygen atoms in total. The molecular formula is C26H31NO5. The zero-order valence-electron chi connectivity index (χ0n) is 19.1. The maximum Gasteiger partial charge on any atom is 0.295 e. The fourth-order valence-corrected chi connectivity index (χ4v) is 3.72. The first-order valence-corrected chi connectivity index (χ1v) is 11.0. The highest BCUT2D eigenvalue weighted by Crippen LogP contribution is 2.40. The van der Waals surface area contributed by atoms with E-state index in [9.17, 15) is 14.7 Å². The highest BCUT2D eigenvalue weighted by atomic mass is 16.5. The Hall–Kier alpha value is -3.28. The van der Waals surface area contributed by atoms with E-state index < -0.39 is 17.7 Å². The number of hydrogen-bond donors (Lipinski definition) is 1. The smallest absolute Gasteiger partial charge is 0.295 e. The van der Waals surface area contributed by atoms with Crippen LogP contribution >= 0.6 is 0 Å². The Morgan fingerprint density at radius 3 is 2.44 bits per heavy atom. The molecule has 1 aliphatic heterocycles. The Bertz CT molecular complexity index is 994. The predicted molar refractivity (Wildman–Crippen MR) is 124 cm³/mol. The fourth-order valence-electron chi connectivity index (χ4n) is 3.72. The summed E-state index contributed by atoms with van der Waals surface area (Å²) in [6.07, 6.45) is 1.64. The number of methoxy groups -OCH3 is 1. The SMILES string of the molecule is CCCCN1C(=O)C(=O)/C(=C(\O)c2ccc(OCC(C)C)cc2)C1c1cccc(OC)c1. The Morgan fingerprint density at radius 1 is 1.09 bits per heavy atom. The Labute approximate surface area is 189 Å². The minimum absolute atomic E-state index is 0.0928. The van der Waals surface area contributed by atoms with Crippen LogP contribution in [0.4, 0.5) is 0 Å². The van der Waals surface area contributed by atoms with Crippen molar-refractivity contribution in [3.05, 3.63) is 65.2 Å². The summed E-state index contributed by atoms with van der Waals surface area (Å²) in [6, 6.07) is 13.5. The Morgan fingerprint density at radius 2 is 1.81 bits per heavy atom. The second-order valence-corrected chi connectivity index (χ2v) is 8.35. The number of amides is 1. The number of ketones is 1. The molecule has 0 aromatic heterocycles. The molecule has 0 spiro atoms. The molecule has 1 N–H and O–H groups in total. The molecule has 0 radical (unpaired) electrons. The van der Waals surface area contributed by atoms with E-state index in [0.29, 0.717) is 36.1 Å². The molecule has 0 bridgehead atoms. The molecule has 0 saturated carbocycles. The fraction of sp³-hybridized carbons (Fsp3) is 0.385. The molecule has 170 valence electrons. The van der Waals surface area contributed by atoms with Crippen molar-refractivity contribution < 1.29 is 24.2 Å². The molecule has 3 rings (SSSR count). The van der Waals surface area contributed by atoms with Gasteiger partial charge in [0.1, 0.15) is 17.3 Å². The molecule has 2 aromatic rings. The molecule has 1 heterocycles. The number of unbranched alkanes of at least 4 members (excludes halogenated alkanes) is 1. The number of aliphatic hydroxyl groups excluding tert-OH is 1. The van der Waals surface area contributed by atoms with Crippen molar-refractivity contribution in [1.82, 2.24) is 4.90 Å². The average molecular weight is 438 g/mol. The minimum atomic E-state index is -0.674. The summed E-state index contributed by atoms with van der Waals surface area (Å²) in [5.74, 6) is 0.241. The summed E-state index contributed by atoms with van der Waals surface area (Å²) in [6.45, 7) is 7.18. The summed E-state index contributed by atoms with van der Waals surface area (Å²) >= 11 is 0. The lowest BCUT2D eigenvalue weighted by Gasteiger charge is -2.25. The van der Waals surface area contributed by atoms with Gasteiger partial charge in [0.25, 0.3) is 11.7 Å². The van der Waals surface area contributed by atoms with Gasteiger partial charge in [-0.1, -0.05) is 39.3 Å². The molecule has 1 atom stereocenters.